The van der Waals surface area contributed by atoms with Crippen molar-refractivity contribution in [2.24, 2.45) is 11.8 Å². The van der Waals surface area contributed by atoms with Crippen LogP contribution in [0.25, 0.3) is 0 Å². The van der Waals surface area contributed by atoms with Crippen molar-refractivity contribution in [3.63, 3.8) is 0 Å². The van der Waals surface area contributed by atoms with E-state index in [1.54, 1.807) is 0 Å². The van der Waals surface area contributed by atoms with Crippen LogP contribution < -0.4 is 0 Å². The predicted octanol–water partition coefficient (Wildman–Crippen LogP) is 17.6. The maximum atomic E-state index is 13.5. The fourth-order valence-electron chi connectivity index (χ4n) is 8.96. The average molecular weight is 1010 g/mol. The number of carbonyl (C=O) groups is 2. The maximum Gasteiger partial charge on any atom is 0.308 e. The number of ether oxygens (including phenoxy) is 2. The van der Waals surface area contributed by atoms with E-state index >= 15 is 0 Å². The maximum absolute atomic E-state index is 13.5. The van der Waals surface area contributed by atoms with E-state index in [4.69, 9.17) is 18.3 Å². The zero-order chi connectivity index (χ0) is 52.0. The van der Waals surface area contributed by atoms with Crippen molar-refractivity contribution in [1.29, 1.82) is 0 Å². The second-order valence-electron chi connectivity index (χ2n) is 24.4. The molecule has 1 N–H and O–H groups in total. The molecule has 4 unspecified atom stereocenters. The Morgan fingerprint density at radius 1 is 0.435 bits per heavy atom. The molecular weight excluding hydrogens is 891 g/mol. The molecule has 4 atom stereocenters. The van der Waals surface area contributed by atoms with Gasteiger partial charge in [-0.05, 0) is 107 Å². The van der Waals surface area contributed by atoms with Crippen molar-refractivity contribution in [2.75, 3.05) is 39.5 Å². The predicted molar refractivity (Wildman–Crippen MR) is 302 cm³/mol. The van der Waals surface area contributed by atoms with Gasteiger partial charge in [0.2, 0.25) is 0 Å². The molecule has 0 saturated carbocycles. The van der Waals surface area contributed by atoms with Crippen LogP contribution in [0.3, 0.4) is 0 Å². The van der Waals surface area contributed by atoms with Gasteiger partial charge >= 0.3 is 11.9 Å². The van der Waals surface area contributed by atoms with Crippen molar-refractivity contribution < 1.29 is 33.0 Å². The number of carbonyl (C=O) groups excluding carboxylic acids is 2. The number of hydrogen-bond acceptors (Lipinski definition) is 8. The van der Waals surface area contributed by atoms with E-state index in [1.807, 2.05) is 0 Å². The molecule has 0 heterocycles. The third kappa shape index (κ3) is 34.4. The number of nitrogens with zero attached hydrogens (tertiary/aromatic N) is 1. The Labute approximate surface area is 432 Å². The van der Waals surface area contributed by atoms with Crippen molar-refractivity contribution in [1.82, 2.24) is 4.90 Å². The quantitative estimate of drug-likeness (QED) is 0.0366. The minimum absolute atomic E-state index is 0.0146. The van der Waals surface area contributed by atoms with Crippen molar-refractivity contribution in [3.8, 4) is 0 Å². The number of unbranched alkanes of at least 4 members (excludes halogenated alkanes) is 18. The Morgan fingerprint density at radius 2 is 0.725 bits per heavy atom. The third-order valence-electron chi connectivity index (χ3n) is 15.7. The molecule has 10 heteroatoms. The number of aliphatic hydroxyl groups excluding tert-OH is 1. The van der Waals surface area contributed by atoms with Gasteiger partial charge in [0.15, 0.2) is 16.6 Å². The van der Waals surface area contributed by atoms with Gasteiger partial charge in [-0.25, -0.2) is 0 Å². The Morgan fingerprint density at radius 3 is 1.03 bits per heavy atom. The van der Waals surface area contributed by atoms with Gasteiger partial charge in [-0.3, -0.25) is 14.5 Å². The van der Waals surface area contributed by atoms with E-state index in [1.165, 1.54) is 103 Å². The summed E-state index contributed by atoms with van der Waals surface area (Å²) in [4.78, 5) is 29.4. The molecule has 0 aromatic carbocycles. The second-order valence-corrected chi connectivity index (χ2v) is 33.9. The highest BCUT2D eigenvalue weighted by Crippen LogP contribution is 2.39. The van der Waals surface area contributed by atoms with Crippen molar-refractivity contribution in [3.05, 3.63) is 0 Å². The normalized spacial score (nSPS) is 14.6. The molecule has 0 spiro atoms. The third-order valence-corrected chi connectivity index (χ3v) is 24.8. The number of aliphatic hydroxyl groups is 1. The molecule has 0 aromatic rings. The summed E-state index contributed by atoms with van der Waals surface area (Å²) in [5.41, 5.74) is 0. The summed E-state index contributed by atoms with van der Waals surface area (Å²) < 4.78 is 26.6. The molecule has 8 nitrogen and oxygen atoms in total. The first kappa shape index (κ1) is 68.2. The van der Waals surface area contributed by atoms with Gasteiger partial charge in [-0.15, -0.1) is 0 Å². The largest absolute Gasteiger partial charge is 0.465 e. The molecule has 0 fully saturated rings. The lowest BCUT2D eigenvalue weighted by molar-refractivity contribution is -0.150. The minimum Gasteiger partial charge on any atom is -0.465 e. The van der Waals surface area contributed by atoms with Gasteiger partial charge in [0.05, 0.1) is 37.3 Å². The fourth-order valence-corrected chi connectivity index (χ4v) is 11.7. The Hall–Kier alpha value is -0.786. The van der Waals surface area contributed by atoms with E-state index in [9.17, 15) is 14.7 Å². The van der Waals surface area contributed by atoms with Gasteiger partial charge in [-0.2, -0.15) is 0 Å². The summed E-state index contributed by atoms with van der Waals surface area (Å²) in [6.45, 7) is 35.7. The first-order valence-corrected chi connectivity index (χ1v) is 35.5. The molecule has 0 rings (SSSR count). The molecule has 0 amide bonds. The molecule has 0 aliphatic heterocycles. The number of esters is 2. The monoisotopic (exact) mass is 1010 g/mol. The molecule has 0 aliphatic rings. The highest BCUT2D eigenvalue weighted by atomic mass is 28.4. The van der Waals surface area contributed by atoms with Crippen LogP contribution in [0.4, 0.5) is 0 Å². The van der Waals surface area contributed by atoms with E-state index in [0.717, 1.165) is 110 Å². The molecule has 0 radical (unpaired) electrons. The molecule has 69 heavy (non-hydrogen) atoms. The summed E-state index contributed by atoms with van der Waals surface area (Å²) in [6, 6.07) is 0. The summed E-state index contributed by atoms with van der Waals surface area (Å²) in [5, 5.41) is 10.2. The smallest absolute Gasteiger partial charge is 0.308 e. The van der Waals surface area contributed by atoms with Crippen molar-refractivity contribution in [2.45, 2.75) is 317 Å². The van der Waals surface area contributed by atoms with Gasteiger partial charge < -0.3 is 23.4 Å². The molecule has 0 bridgehead atoms. The number of hydrogen-bond donors (Lipinski definition) is 1. The van der Waals surface area contributed by atoms with Gasteiger partial charge in [0, 0.05) is 26.2 Å². The van der Waals surface area contributed by atoms with E-state index in [2.05, 4.69) is 100 Å². The Balaban J connectivity index is 5.94. The van der Waals surface area contributed by atoms with E-state index in [0.29, 0.717) is 19.6 Å². The van der Waals surface area contributed by atoms with Crippen molar-refractivity contribution >= 4 is 28.6 Å². The fraction of sp³-hybridized carbons (Fsp3) is 0.966. The zero-order valence-corrected chi connectivity index (χ0v) is 50.8. The van der Waals surface area contributed by atoms with E-state index in [-0.39, 0.29) is 52.7 Å². The summed E-state index contributed by atoms with van der Waals surface area (Å²) >= 11 is 0. The van der Waals surface area contributed by atoms with Crippen LogP contribution in [0.1, 0.15) is 268 Å². The van der Waals surface area contributed by atoms with Crippen LogP contribution in [-0.2, 0) is 27.9 Å². The van der Waals surface area contributed by atoms with Crippen LogP contribution in [0.15, 0.2) is 0 Å². The first-order chi connectivity index (χ1) is 32.7. The summed E-state index contributed by atoms with van der Waals surface area (Å²) in [7, 11) is -4.23. The van der Waals surface area contributed by atoms with Crippen LogP contribution >= 0.6 is 0 Å². The minimum atomic E-state index is -2.11. The Kier molecular flexibility index (Phi) is 40.1. The topological polar surface area (TPSA) is 94.5 Å². The Bertz CT molecular complexity index is 1130. The summed E-state index contributed by atoms with van der Waals surface area (Å²) in [5.74, 6) is 0.0782. The number of rotatable bonds is 47. The molecule has 0 aliphatic carbocycles. The lowest BCUT2D eigenvalue weighted by atomic mass is 9.94. The molecule has 412 valence electrons. The van der Waals surface area contributed by atoms with Crippen LogP contribution in [0.5, 0.6) is 0 Å². The first-order valence-electron chi connectivity index (χ1n) is 29.7. The van der Waals surface area contributed by atoms with Gasteiger partial charge in [-0.1, -0.05) is 198 Å². The van der Waals surface area contributed by atoms with E-state index < -0.39 is 16.6 Å². The lowest BCUT2D eigenvalue weighted by Gasteiger charge is -2.42. The molecule has 0 saturated heterocycles. The highest BCUT2D eigenvalue weighted by Gasteiger charge is 2.41. The van der Waals surface area contributed by atoms with Crippen LogP contribution in [0.2, 0.25) is 36.3 Å². The van der Waals surface area contributed by atoms with Crippen LogP contribution in [-0.4, -0.2) is 90.2 Å². The molecular formula is C59H121NO7Si2. The average Bonchev–Trinajstić information content (AvgIpc) is 3.27. The van der Waals surface area contributed by atoms with Gasteiger partial charge in [0.1, 0.15) is 0 Å². The zero-order valence-electron chi connectivity index (χ0n) is 48.8. The standard InChI is InChI=1S/C59H121NO7Si2/c1-15-19-23-27-29-33-42-52(40-31-25-21-17-3)56(62)64-48-37-35-44-54(66-68(11,12)58(5,6)7)50-60(46-39-47-61)51-55(67-69(13,14)59(8,9)10)45-36-38-49-65-57(63)53(41-32-26-22-18-4)43-34-30-28-24-20-16-2/h52-55,61H,15-51H2,1-14H3. The SMILES string of the molecule is CCCCCCCCC(CCCCCC)C(=O)OCCCCC(CN(CCCO)CC(CCCCOC(=O)C(CCCCCC)CCCCCCCC)O[Si](C)(C)C(C)(C)C)O[Si](C)(C)C(C)(C)C. The van der Waals surface area contributed by atoms with Gasteiger partial charge in [0.25, 0.3) is 0 Å². The summed E-state index contributed by atoms with van der Waals surface area (Å²) in [6.07, 6.45) is 34.3. The second kappa shape index (κ2) is 40.6. The molecule has 0 aromatic heterocycles. The van der Waals surface area contributed by atoms with Crippen LogP contribution in [0, 0.1) is 11.8 Å². The highest BCUT2D eigenvalue weighted by molar-refractivity contribution is 6.74. The lowest BCUT2D eigenvalue weighted by Crippen LogP contribution is -2.50.